The van der Waals surface area contributed by atoms with Crippen molar-refractivity contribution in [2.24, 2.45) is 0 Å². The van der Waals surface area contributed by atoms with E-state index in [1.54, 1.807) is 0 Å². The minimum atomic E-state index is -4.88. The van der Waals surface area contributed by atoms with Gasteiger partial charge in [-0.05, 0) is 36.4 Å². The Morgan fingerprint density at radius 3 is 2.50 bits per heavy atom. The highest BCUT2D eigenvalue weighted by atomic mass is 19.4. The summed E-state index contributed by atoms with van der Waals surface area (Å²) >= 11 is 0. The number of benzene rings is 2. The zero-order chi connectivity index (χ0) is 21.3. The number of alkyl halides is 3. The standard InChI is InChI=1S/C18H11F4N5O3/c1-28-15-5-2-10(6-13(15)19)16-25-26-17(29-16)12-7-11(30-18(20,21)22)3-4-14(12)27-9-23-8-24-27/h2-9H,1H3. The van der Waals surface area contributed by atoms with Crippen LogP contribution in [0, 0.1) is 5.82 Å². The van der Waals surface area contributed by atoms with Crippen LogP contribution in [0.1, 0.15) is 0 Å². The average Bonchev–Trinajstić information content (AvgIpc) is 3.39. The first-order chi connectivity index (χ1) is 14.3. The molecule has 2 aromatic carbocycles. The van der Waals surface area contributed by atoms with Gasteiger partial charge in [-0.25, -0.2) is 14.1 Å². The van der Waals surface area contributed by atoms with E-state index in [1.165, 1.54) is 42.6 Å². The third kappa shape index (κ3) is 3.92. The van der Waals surface area contributed by atoms with Crippen molar-refractivity contribution in [1.82, 2.24) is 25.0 Å². The van der Waals surface area contributed by atoms with Crippen LogP contribution in [0.5, 0.6) is 11.5 Å². The van der Waals surface area contributed by atoms with Crippen molar-refractivity contribution in [2.45, 2.75) is 6.36 Å². The number of halogens is 4. The summed E-state index contributed by atoms with van der Waals surface area (Å²) in [4.78, 5) is 3.81. The van der Waals surface area contributed by atoms with E-state index >= 15 is 0 Å². The summed E-state index contributed by atoms with van der Waals surface area (Å²) < 4.78 is 67.6. The van der Waals surface area contributed by atoms with Crippen LogP contribution >= 0.6 is 0 Å². The Hall–Kier alpha value is -3.96. The first-order valence-corrected chi connectivity index (χ1v) is 8.26. The molecule has 0 bridgehead atoms. The van der Waals surface area contributed by atoms with Crippen molar-refractivity contribution >= 4 is 0 Å². The third-order valence-electron chi connectivity index (χ3n) is 3.92. The van der Waals surface area contributed by atoms with Crippen LogP contribution in [0.3, 0.4) is 0 Å². The molecule has 0 radical (unpaired) electrons. The van der Waals surface area contributed by atoms with E-state index in [0.717, 1.165) is 18.2 Å². The highest BCUT2D eigenvalue weighted by Crippen LogP contribution is 2.34. The van der Waals surface area contributed by atoms with E-state index in [1.807, 2.05) is 0 Å². The molecule has 2 heterocycles. The van der Waals surface area contributed by atoms with Gasteiger partial charge < -0.3 is 13.9 Å². The number of ether oxygens (including phenoxy) is 2. The van der Waals surface area contributed by atoms with Gasteiger partial charge in [0.2, 0.25) is 11.8 Å². The molecular formula is C18H11F4N5O3. The van der Waals surface area contributed by atoms with Crippen LogP contribution in [-0.4, -0.2) is 38.4 Å². The normalized spacial score (nSPS) is 11.5. The lowest BCUT2D eigenvalue weighted by atomic mass is 10.1. The lowest BCUT2D eigenvalue weighted by molar-refractivity contribution is -0.274. The molecule has 4 rings (SSSR count). The molecule has 0 amide bonds. The quantitative estimate of drug-likeness (QED) is 0.450. The first kappa shape index (κ1) is 19.4. The van der Waals surface area contributed by atoms with Gasteiger partial charge in [-0.2, -0.15) is 5.10 Å². The molecule has 0 fully saturated rings. The fraction of sp³-hybridized carbons (Fsp3) is 0.111. The molecule has 12 heteroatoms. The molecule has 0 atom stereocenters. The molecular weight excluding hydrogens is 410 g/mol. The molecule has 0 saturated heterocycles. The van der Waals surface area contributed by atoms with E-state index < -0.39 is 17.9 Å². The summed E-state index contributed by atoms with van der Waals surface area (Å²) in [6, 6.07) is 7.55. The molecule has 4 aromatic rings. The third-order valence-corrected chi connectivity index (χ3v) is 3.92. The monoisotopic (exact) mass is 421 g/mol. The van der Waals surface area contributed by atoms with E-state index in [2.05, 4.69) is 25.0 Å². The van der Waals surface area contributed by atoms with Crippen LogP contribution in [0.15, 0.2) is 53.5 Å². The zero-order valence-corrected chi connectivity index (χ0v) is 15.1. The van der Waals surface area contributed by atoms with Crippen molar-refractivity contribution in [2.75, 3.05) is 7.11 Å². The minimum Gasteiger partial charge on any atom is -0.494 e. The van der Waals surface area contributed by atoms with E-state index in [-0.39, 0.29) is 28.7 Å². The second-order valence-electron chi connectivity index (χ2n) is 5.83. The maximum absolute atomic E-state index is 14.0. The zero-order valence-electron chi connectivity index (χ0n) is 15.1. The highest BCUT2D eigenvalue weighted by molar-refractivity contribution is 5.69. The van der Waals surface area contributed by atoms with Crippen molar-refractivity contribution < 1.29 is 31.5 Å². The Bertz CT molecular complexity index is 1180. The Morgan fingerprint density at radius 2 is 1.83 bits per heavy atom. The number of hydrogen-bond acceptors (Lipinski definition) is 7. The summed E-state index contributed by atoms with van der Waals surface area (Å²) in [6.45, 7) is 0. The number of methoxy groups -OCH3 is 1. The van der Waals surface area contributed by atoms with Gasteiger partial charge in [-0.1, -0.05) is 0 Å². The largest absolute Gasteiger partial charge is 0.573 e. The van der Waals surface area contributed by atoms with Crippen LogP contribution in [0.25, 0.3) is 28.6 Å². The molecule has 0 N–H and O–H groups in total. The molecule has 0 spiro atoms. The molecule has 2 aromatic heterocycles. The first-order valence-electron chi connectivity index (χ1n) is 8.26. The SMILES string of the molecule is COc1ccc(-c2nnc(-c3cc(OC(F)(F)F)ccc3-n3cncn3)o2)cc1F. The van der Waals surface area contributed by atoms with Gasteiger partial charge in [0.1, 0.15) is 18.4 Å². The van der Waals surface area contributed by atoms with Crippen molar-refractivity contribution in [1.29, 1.82) is 0 Å². The highest BCUT2D eigenvalue weighted by Gasteiger charge is 2.31. The van der Waals surface area contributed by atoms with Gasteiger partial charge in [0, 0.05) is 5.56 Å². The van der Waals surface area contributed by atoms with Crippen LogP contribution in [0.4, 0.5) is 17.6 Å². The smallest absolute Gasteiger partial charge is 0.494 e. The number of rotatable bonds is 5. The summed E-state index contributed by atoms with van der Waals surface area (Å²) in [6.07, 6.45) is -2.28. The Labute approximate surface area is 165 Å². The van der Waals surface area contributed by atoms with Gasteiger partial charge in [0.05, 0.1) is 18.4 Å². The topological polar surface area (TPSA) is 88.1 Å². The average molecular weight is 421 g/mol. The Morgan fingerprint density at radius 1 is 1.03 bits per heavy atom. The summed E-state index contributed by atoms with van der Waals surface area (Å²) in [7, 11) is 1.32. The molecule has 0 unspecified atom stereocenters. The second kappa shape index (κ2) is 7.46. The van der Waals surface area contributed by atoms with Crippen LogP contribution in [-0.2, 0) is 0 Å². The maximum Gasteiger partial charge on any atom is 0.573 e. The van der Waals surface area contributed by atoms with Gasteiger partial charge in [-0.15, -0.1) is 23.4 Å². The molecule has 0 aliphatic heterocycles. The molecule has 154 valence electrons. The van der Waals surface area contributed by atoms with E-state index in [4.69, 9.17) is 9.15 Å². The Kier molecular flexibility index (Phi) is 4.82. The number of nitrogens with zero attached hydrogens (tertiary/aromatic N) is 5. The predicted octanol–water partition coefficient (Wildman–Crippen LogP) is 4.03. The number of hydrogen-bond donors (Lipinski definition) is 0. The van der Waals surface area contributed by atoms with Gasteiger partial charge in [0.15, 0.2) is 11.6 Å². The second-order valence-corrected chi connectivity index (χ2v) is 5.83. The van der Waals surface area contributed by atoms with Gasteiger partial charge >= 0.3 is 6.36 Å². The van der Waals surface area contributed by atoms with E-state index in [9.17, 15) is 17.6 Å². The Balaban J connectivity index is 1.77. The lowest BCUT2D eigenvalue weighted by Crippen LogP contribution is -2.17. The van der Waals surface area contributed by atoms with Crippen molar-refractivity contribution in [3.05, 3.63) is 54.9 Å². The van der Waals surface area contributed by atoms with Crippen LogP contribution in [0.2, 0.25) is 0 Å². The molecule has 0 saturated carbocycles. The van der Waals surface area contributed by atoms with Crippen molar-refractivity contribution in [3.63, 3.8) is 0 Å². The molecule has 0 aliphatic rings. The summed E-state index contributed by atoms with van der Waals surface area (Å²) in [5.41, 5.74) is 0.685. The van der Waals surface area contributed by atoms with Crippen molar-refractivity contribution in [3.8, 4) is 40.1 Å². The van der Waals surface area contributed by atoms with Gasteiger partial charge in [0.25, 0.3) is 0 Å². The summed E-state index contributed by atoms with van der Waals surface area (Å²) in [5.74, 6) is -1.27. The number of aromatic nitrogens is 5. The molecule has 8 nitrogen and oxygen atoms in total. The molecule has 0 aliphatic carbocycles. The maximum atomic E-state index is 14.0. The molecule has 30 heavy (non-hydrogen) atoms. The fourth-order valence-corrected chi connectivity index (χ4v) is 2.66. The minimum absolute atomic E-state index is 0.0314. The fourth-order valence-electron chi connectivity index (χ4n) is 2.66. The van der Waals surface area contributed by atoms with Crippen LogP contribution < -0.4 is 9.47 Å². The lowest BCUT2D eigenvalue weighted by Gasteiger charge is -2.11. The predicted molar refractivity (Wildman–Crippen MR) is 93.3 cm³/mol. The van der Waals surface area contributed by atoms with E-state index in [0.29, 0.717) is 5.69 Å². The van der Waals surface area contributed by atoms with Gasteiger partial charge in [-0.3, -0.25) is 0 Å². The summed E-state index contributed by atoms with van der Waals surface area (Å²) in [5, 5.41) is 11.7.